The van der Waals surface area contributed by atoms with Gasteiger partial charge >= 0.3 is 0 Å². The molecule has 1 saturated heterocycles. The fourth-order valence-corrected chi connectivity index (χ4v) is 4.21. The van der Waals surface area contributed by atoms with E-state index in [0.717, 1.165) is 53.7 Å². The molecule has 2 aromatic carbocycles. The Balaban J connectivity index is 1.60. The molecule has 1 aromatic heterocycles. The van der Waals surface area contributed by atoms with Crippen LogP contribution in [0.4, 0.5) is 5.69 Å². The van der Waals surface area contributed by atoms with Gasteiger partial charge in [-0.05, 0) is 97.1 Å². The number of hydrogen-bond donors (Lipinski definition) is 2. The quantitative estimate of drug-likeness (QED) is 0.693. The number of aromatic nitrogens is 1. The third-order valence-electron chi connectivity index (χ3n) is 5.92. The second kappa shape index (κ2) is 7.26. The molecular formula is C24H24N4. The molecule has 4 heteroatoms. The Morgan fingerprint density at radius 2 is 1.82 bits per heavy atom. The lowest BCUT2D eigenvalue weighted by Gasteiger charge is -2.25. The second-order valence-corrected chi connectivity index (χ2v) is 8.02. The Hall–Kier alpha value is -2.90. The van der Waals surface area contributed by atoms with Crippen LogP contribution in [-0.4, -0.2) is 24.1 Å². The highest BCUT2D eigenvalue weighted by Crippen LogP contribution is 2.42. The molecule has 140 valence electrons. The molecule has 2 fully saturated rings. The lowest BCUT2D eigenvalue weighted by atomic mass is 9.95. The van der Waals surface area contributed by atoms with Crippen molar-refractivity contribution in [3.8, 4) is 17.2 Å². The predicted octanol–water partition coefficient (Wildman–Crippen LogP) is 4.81. The summed E-state index contributed by atoms with van der Waals surface area (Å²) in [5.41, 5.74) is 5.49. The number of pyridine rings is 1. The van der Waals surface area contributed by atoms with E-state index in [2.05, 4.69) is 52.0 Å². The van der Waals surface area contributed by atoms with Crippen molar-refractivity contribution in [2.45, 2.75) is 37.6 Å². The summed E-state index contributed by atoms with van der Waals surface area (Å²) in [5, 5.41) is 19.0. The number of nitrogens with one attached hydrogen (secondary N) is 2. The third-order valence-corrected chi connectivity index (χ3v) is 5.92. The minimum absolute atomic E-state index is 0.479. The molecule has 2 aliphatic rings. The summed E-state index contributed by atoms with van der Waals surface area (Å²) in [6.45, 7) is 2.12. The molecule has 4 nitrogen and oxygen atoms in total. The van der Waals surface area contributed by atoms with Crippen LogP contribution in [0, 0.1) is 11.3 Å². The van der Waals surface area contributed by atoms with Crippen molar-refractivity contribution in [2.75, 3.05) is 18.4 Å². The summed E-state index contributed by atoms with van der Waals surface area (Å²) in [7, 11) is 0. The van der Waals surface area contributed by atoms with E-state index in [1.165, 1.54) is 23.8 Å². The van der Waals surface area contributed by atoms with Crippen molar-refractivity contribution in [1.82, 2.24) is 10.3 Å². The van der Waals surface area contributed by atoms with E-state index in [0.29, 0.717) is 12.0 Å². The normalized spacial score (nSPS) is 17.4. The van der Waals surface area contributed by atoms with Gasteiger partial charge in [0.15, 0.2) is 0 Å². The highest BCUT2D eigenvalue weighted by atomic mass is 15.0. The lowest BCUT2D eigenvalue weighted by Crippen LogP contribution is -2.35. The topological polar surface area (TPSA) is 60.7 Å². The average Bonchev–Trinajstić information content (AvgIpc) is 3.59. The minimum atomic E-state index is 0.479. The Labute approximate surface area is 165 Å². The van der Waals surface area contributed by atoms with Crippen LogP contribution in [0.15, 0.2) is 48.8 Å². The second-order valence-electron chi connectivity index (χ2n) is 8.02. The number of nitrogens with zero attached hydrogens (tertiary/aromatic N) is 2. The molecule has 1 aliphatic heterocycles. The van der Waals surface area contributed by atoms with Crippen LogP contribution in [0.2, 0.25) is 0 Å². The monoisotopic (exact) mass is 368 g/mol. The number of benzene rings is 2. The molecule has 0 bridgehead atoms. The summed E-state index contributed by atoms with van der Waals surface area (Å²) in [6, 6.07) is 15.7. The van der Waals surface area contributed by atoms with Gasteiger partial charge in [0.2, 0.25) is 0 Å². The molecule has 1 saturated carbocycles. The van der Waals surface area contributed by atoms with Crippen molar-refractivity contribution in [2.24, 2.45) is 0 Å². The van der Waals surface area contributed by atoms with E-state index in [-0.39, 0.29) is 0 Å². The maximum Gasteiger partial charge on any atom is 0.0991 e. The number of nitriles is 1. The van der Waals surface area contributed by atoms with Gasteiger partial charge in [0.05, 0.1) is 11.6 Å². The Morgan fingerprint density at radius 3 is 2.61 bits per heavy atom. The lowest BCUT2D eigenvalue weighted by molar-refractivity contribution is 0.479. The maximum atomic E-state index is 9.50. The van der Waals surface area contributed by atoms with Crippen LogP contribution in [0.1, 0.15) is 42.7 Å². The van der Waals surface area contributed by atoms with Gasteiger partial charge in [-0.3, -0.25) is 4.98 Å². The molecule has 0 radical (unpaired) electrons. The standard InChI is InChI=1S/C24H24N4/c25-14-16-9-19(17-1-2-17)12-20(10-16)21-11-18-3-6-27-15-23(18)24(13-21)28-22-4-7-26-8-5-22/h3,6,9-13,15,17,22,26,28H,1-2,4-5,7-8H2. The van der Waals surface area contributed by atoms with E-state index in [4.69, 9.17) is 0 Å². The van der Waals surface area contributed by atoms with Gasteiger partial charge in [-0.25, -0.2) is 0 Å². The number of piperidine rings is 1. The summed E-state index contributed by atoms with van der Waals surface area (Å²) in [6.07, 6.45) is 8.52. The number of hydrogen-bond acceptors (Lipinski definition) is 4. The highest BCUT2D eigenvalue weighted by Gasteiger charge is 2.24. The fraction of sp³-hybridized carbons (Fsp3) is 0.333. The first-order valence-corrected chi connectivity index (χ1v) is 10.2. The van der Waals surface area contributed by atoms with Gasteiger partial charge in [0, 0.05) is 29.5 Å². The molecule has 28 heavy (non-hydrogen) atoms. The molecule has 2 N–H and O–H groups in total. The molecule has 0 amide bonds. The Kier molecular flexibility index (Phi) is 4.46. The summed E-state index contributed by atoms with van der Waals surface area (Å²) >= 11 is 0. The van der Waals surface area contributed by atoms with Crippen LogP contribution in [-0.2, 0) is 0 Å². The van der Waals surface area contributed by atoms with Crippen molar-refractivity contribution in [3.05, 3.63) is 59.9 Å². The predicted molar refractivity (Wildman–Crippen MR) is 113 cm³/mol. The highest BCUT2D eigenvalue weighted by molar-refractivity contribution is 5.97. The smallest absolute Gasteiger partial charge is 0.0991 e. The van der Waals surface area contributed by atoms with Crippen molar-refractivity contribution >= 4 is 16.5 Å². The molecule has 0 unspecified atom stereocenters. The number of anilines is 1. The van der Waals surface area contributed by atoms with Crippen molar-refractivity contribution in [3.63, 3.8) is 0 Å². The van der Waals surface area contributed by atoms with Crippen LogP contribution < -0.4 is 10.6 Å². The van der Waals surface area contributed by atoms with Crippen molar-refractivity contribution in [1.29, 1.82) is 5.26 Å². The van der Waals surface area contributed by atoms with Gasteiger partial charge in [0.1, 0.15) is 0 Å². The van der Waals surface area contributed by atoms with Gasteiger partial charge < -0.3 is 10.6 Å². The first kappa shape index (κ1) is 17.2. The van der Waals surface area contributed by atoms with Gasteiger partial charge in [-0.2, -0.15) is 5.26 Å². The molecule has 2 heterocycles. The zero-order valence-corrected chi connectivity index (χ0v) is 15.9. The SMILES string of the molecule is N#Cc1cc(-c2cc(NC3CCNCC3)c3cnccc3c2)cc(C2CC2)c1. The first-order chi connectivity index (χ1) is 13.8. The zero-order chi connectivity index (χ0) is 18.9. The van der Waals surface area contributed by atoms with E-state index >= 15 is 0 Å². The zero-order valence-electron chi connectivity index (χ0n) is 15.9. The molecule has 0 spiro atoms. The van der Waals surface area contributed by atoms with E-state index in [9.17, 15) is 5.26 Å². The molecule has 0 atom stereocenters. The van der Waals surface area contributed by atoms with E-state index in [1.54, 1.807) is 0 Å². The fourth-order valence-electron chi connectivity index (χ4n) is 4.21. The third kappa shape index (κ3) is 3.46. The molecule has 3 aromatic rings. The van der Waals surface area contributed by atoms with Crippen molar-refractivity contribution < 1.29 is 0 Å². The minimum Gasteiger partial charge on any atom is -0.382 e. The molecular weight excluding hydrogens is 344 g/mol. The summed E-state index contributed by atoms with van der Waals surface area (Å²) in [5.74, 6) is 0.629. The van der Waals surface area contributed by atoms with Gasteiger partial charge in [-0.1, -0.05) is 6.07 Å². The summed E-state index contributed by atoms with van der Waals surface area (Å²) in [4.78, 5) is 4.35. The Morgan fingerprint density at radius 1 is 1.00 bits per heavy atom. The van der Waals surface area contributed by atoms with Gasteiger partial charge in [-0.15, -0.1) is 0 Å². The Bertz CT molecular complexity index is 1060. The van der Waals surface area contributed by atoms with Crippen LogP contribution >= 0.6 is 0 Å². The summed E-state index contributed by atoms with van der Waals surface area (Å²) < 4.78 is 0. The number of rotatable bonds is 4. The largest absolute Gasteiger partial charge is 0.382 e. The maximum absolute atomic E-state index is 9.50. The molecule has 5 rings (SSSR count). The first-order valence-electron chi connectivity index (χ1n) is 10.2. The average molecular weight is 368 g/mol. The van der Waals surface area contributed by atoms with Gasteiger partial charge in [0.25, 0.3) is 0 Å². The van der Waals surface area contributed by atoms with E-state index < -0.39 is 0 Å². The van der Waals surface area contributed by atoms with Crippen LogP contribution in [0.25, 0.3) is 21.9 Å². The van der Waals surface area contributed by atoms with Crippen LogP contribution in [0.3, 0.4) is 0 Å². The van der Waals surface area contributed by atoms with E-state index in [1.807, 2.05) is 18.5 Å². The van der Waals surface area contributed by atoms with Crippen LogP contribution in [0.5, 0.6) is 0 Å². The molecule has 1 aliphatic carbocycles. The number of fused-ring (bicyclic) bond motifs is 1.